The molecule has 1 spiro atoms. The van der Waals surface area contributed by atoms with Gasteiger partial charge in [0.25, 0.3) is 0 Å². The van der Waals surface area contributed by atoms with E-state index in [2.05, 4.69) is 10.1 Å². The van der Waals surface area contributed by atoms with Crippen LogP contribution in [0, 0.1) is 5.41 Å². The molecular weight excluding hydrogens is 308 g/mol. The highest BCUT2D eigenvalue weighted by molar-refractivity contribution is 7.89. The van der Waals surface area contributed by atoms with Crippen molar-refractivity contribution in [1.82, 2.24) is 10.1 Å². The van der Waals surface area contributed by atoms with Gasteiger partial charge in [-0.2, -0.15) is 4.98 Å². The van der Waals surface area contributed by atoms with Crippen LogP contribution in [0.3, 0.4) is 0 Å². The van der Waals surface area contributed by atoms with E-state index in [4.69, 9.17) is 14.0 Å². The van der Waals surface area contributed by atoms with E-state index in [9.17, 15) is 8.42 Å². The van der Waals surface area contributed by atoms with Crippen molar-refractivity contribution in [3.63, 3.8) is 0 Å². The highest BCUT2D eigenvalue weighted by Crippen LogP contribution is 2.56. The lowest BCUT2D eigenvalue weighted by Gasteiger charge is -2.56. The van der Waals surface area contributed by atoms with Crippen molar-refractivity contribution in [1.29, 1.82) is 0 Å². The van der Waals surface area contributed by atoms with Crippen molar-refractivity contribution in [3.8, 4) is 0 Å². The molecule has 2 aliphatic rings. The second-order valence-corrected chi connectivity index (χ2v) is 8.84. The smallest absolute Gasteiger partial charge is 0.229 e. The summed E-state index contributed by atoms with van der Waals surface area (Å²) in [4.78, 5) is 4.18. The molecule has 0 aromatic carbocycles. The normalized spacial score (nSPS) is 23.4. The zero-order valence-corrected chi connectivity index (χ0v) is 13.8. The van der Waals surface area contributed by atoms with Crippen LogP contribution in [-0.2, 0) is 31.5 Å². The van der Waals surface area contributed by atoms with Crippen LogP contribution in [-0.4, -0.2) is 50.7 Å². The van der Waals surface area contributed by atoms with Crippen LogP contribution in [0.1, 0.15) is 37.4 Å². The van der Waals surface area contributed by atoms with Gasteiger partial charge in [-0.05, 0) is 31.1 Å². The third-order valence-corrected chi connectivity index (χ3v) is 5.54. The summed E-state index contributed by atoms with van der Waals surface area (Å²) in [6.07, 6.45) is 5.75. The third kappa shape index (κ3) is 3.33. The Morgan fingerprint density at radius 1 is 1.27 bits per heavy atom. The zero-order valence-electron chi connectivity index (χ0n) is 13.0. The van der Waals surface area contributed by atoms with Crippen molar-refractivity contribution in [2.75, 3.05) is 26.6 Å². The lowest BCUT2D eigenvalue weighted by atomic mass is 9.54. The molecule has 0 radical (unpaired) electrons. The van der Waals surface area contributed by atoms with Crippen LogP contribution in [0.2, 0.25) is 0 Å². The molecule has 3 rings (SSSR count). The SMILES string of the molecule is COC1(Cc2nc(CS(C)(=O)=O)no2)CC2(CCOCC2)C1. The van der Waals surface area contributed by atoms with Gasteiger partial charge >= 0.3 is 0 Å². The van der Waals surface area contributed by atoms with Crippen molar-refractivity contribution in [2.24, 2.45) is 5.41 Å². The zero-order chi connectivity index (χ0) is 15.8. The molecule has 124 valence electrons. The first-order chi connectivity index (χ1) is 10.3. The molecule has 22 heavy (non-hydrogen) atoms. The summed E-state index contributed by atoms with van der Waals surface area (Å²) in [5.41, 5.74) is 0.0517. The lowest BCUT2D eigenvalue weighted by molar-refractivity contribution is -0.181. The van der Waals surface area contributed by atoms with E-state index in [1.807, 2.05) is 0 Å². The van der Waals surface area contributed by atoms with Gasteiger partial charge in [-0.1, -0.05) is 5.16 Å². The number of aromatic nitrogens is 2. The summed E-state index contributed by atoms with van der Waals surface area (Å²) in [6, 6.07) is 0. The summed E-state index contributed by atoms with van der Waals surface area (Å²) in [5, 5.41) is 3.74. The molecular formula is C14H22N2O5S. The van der Waals surface area contributed by atoms with Crippen LogP contribution in [0.15, 0.2) is 4.52 Å². The molecule has 0 unspecified atom stereocenters. The summed E-state index contributed by atoms with van der Waals surface area (Å²) >= 11 is 0. The Labute approximate surface area is 130 Å². The highest BCUT2D eigenvalue weighted by atomic mass is 32.2. The summed E-state index contributed by atoms with van der Waals surface area (Å²) in [5.74, 6) is 0.462. The molecule has 1 aromatic rings. The van der Waals surface area contributed by atoms with Crippen molar-refractivity contribution in [2.45, 2.75) is 43.5 Å². The van der Waals surface area contributed by atoms with E-state index in [1.54, 1.807) is 7.11 Å². The second kappa shape index (κ2) is 5.58. The molecule has 2 fully saturated rings. The number of nitrogens with zero attached hydrogens (tertiary/aromatic N) is 2. The number of methoxy groups -OCH3 is 1. The first-order valence-corrected chi connectivity index (χ1v) is 9.52. The van der Waals surface area contributed by atoms with Gasteiger partial charge in [-0.25, -0.2) is 8.42 Å². The number of ether oxygens (including phenoxy) is 2. The lowest BCUT2D eigenvalue weighted by Crippen LogP contribution is -2.56. The van der Waals surface area contributed by atoms with E-state index in [-0.39, 0.29) is 17.2 Å². The molecule has 7 nitrogen and oxygen atoms in total. The van der Waals surface area contributed by atoms with E-state index >= 15 is 0 Å². The van der Waals surface area contributed by atoms with E-state index in [0.717, 1.165) is 45.2 Å². The maximum absolute atomic E-state index is 11.3. The molecule has 1 aromatic heterocycles. The van der Waals surface area contributed by atoms with Gasteiger partial charge in [0.05, 0.1) is 12.0 Å². The van der Waals surface area contributed by atoms with Crippen LogP contribution in [0.4, 0.5) is 0 Å². The van der Waals surface area contributed by atoms with E-state index in [1.165, 1.54) is 0 Å². The fourth-order valence-corrected chi connectivity index (χ4v) is 4.33. The number of sulfone groups is 1. The molecule has 1 saturated heterocycles. The second-order valence-electron chi connectivity index (χ2n) is 6.70. The van der Waals surface area contributed by atoms with Gasteiger partial charge in [0, 0.05) is 26.6 Å². The van der Waals surface area contributed by atoms with Gasteiger partial charge in [0.15, 0.2) is 15.7 Å². The van der Waals surface area contributed by atoms with Crippen LogP contribution < -0.4 is 0 Å². The Kier molecular flexibility index (Phi) is 4.03. The Balaban J connectivity index is 1.64. The minimum atomic E-state index is -3.16. The highest BCUT2D eigenvalue weighted by Gasteiger charge is 2.55. The fraction of sp³-hybridized carbons (Fsp3) is 0.857. The van der Waals surface area contributed by atoms with E-state index < -0.39 is 9.84 Å². The molecule has 1 saturated carbocycles. The van der Waals surface area contributed by atoms with Gasteiger partial charge in [-0.15, -0.1) is 0 Å². The van der Waals surface area contributed by atoms with Crippen LogP contribution >= 0.6 is 0 Å². The molecule has 1 aliphatic carbocycles. The van der Waals surface area contributed by atoms with Crippen LogP contribution in [0.5, 0.6) is 0 Å². The molecule has 0 N–H and O–H groups in total. The van der Waals surface area contributed by atoms with Crippen molar-refractivity contribution < 1.29 is 22.4 Å². The summed E-state index contributed by atoms with van der Waals surface area (Å²) in [6.45, 7) is 1.64. The minimum Gasteiger partial charge on any atom is -0.381 e. The predicted molar refractivity (Wildman–Crippen MR) is 78.0 cm³/mol. The number of hydrogen-bond acceptors (Lipinski definition) is 7. The third-order valence-electron chi connectivity index (χ3n) is 4.76. The average molecular weight is 330 g/mol. The Morgan fingerprint density at radius 3 is 2.55 bits per heavy atom. The van der Waals surface area contributed by atoms with Crippen LogP contribution in [0.25, 0.3) is 0 Å². The molecule has 8 heteroatoms. The molecule has 0 atom stereocenters. The molecule has 1 aliphatic heterocycles. The van der Waals surface area contributed by atoms with Crippen molar-refractivity contribution >= 4 is 9.84 Å². The van der Waals surface area contributed by atoms with Gasteiger partial charge in [0.2, 0.25) is 5.89 Å². The number of rotatable bonds is 5. The van der Waals surface area contributed by atoms with Gasteiger partial charge in [0.1, 0.15) is 5.75 Å². The topological polar surface area (TPSA) is 91.5 Å². The Hall–Kier alpha value is -0.990. The quantitative estimate of drug-likeness (QED) is 0.799. The predicted octanol–water partition coefficient (Wildman–Crippen LogP) is 1.13. The summed E-state index contributed by atoms with van der Waals surface area (Å²) in [7, 11) is -1.45. The van der Waals surface area contributed by atoms with Gasteiger partial charge < -0.3 is 14.0 Å². The Morgan fingerprint density at radius 2 is 1.95 bits per heavy atom. The first-order valence-electron chi connectivity index (χ1n) is 7.46. The average Bonchev–Trinajstić information content (AvgIpc) is 2.82. The molecule has 0 bridgehead atoms. The monoisotopic (exact) mass is 330 g/mol. The molecule has 2 heterocycles. The fourth-order valence-electron chi connectivity index (χ4n) is 3.75. The Bertz CT molecular complexity index is 625. The van der Waals surface area contributed by atoms with E-state index in [0.29, 0.717) is 17.7 Å². The summed E-state index contributed by atoms with van der Waals surface area (Å²) < 4.78 is 38.9. The molecule has 0 amide bonds. The minimum absolute atomic E-state index is 0.197. The van der Waals surface area contributed by atoms with Crippen molar-refractivity contribution in [3.05, 3.63) is 11.7 Å². The number of hydrogen-bond donors (Lipinski definition) is 0. The van der Waals surface area contributed by atoms with Gasteiger partial charge in [-0.3, -0.25) is 0 Å². The maximum Gasteiger partial charge on any atom is 0.229 e. The maximum atomic E-state index is 11.3. The largest absolute Gasteiger partial charge is 0.381 e. The first kappa shape index (κ1) is 15.9. The standard InChI is InChI=1S/C14H22N2O5S/c1-19-14(9-13(10-14)3-5-20-6-4-13)7-12-15-11(16-21-12)8-22(2,17)18/h3-10H2,1-2H3.